The van der Waals surface area contributed by atoms with E-state index < -0.39 is 61.4 Å². The molecule has 0 aliphatic heterocycles. The fraction of sp³-hybridized carbons (Fsp3) is 0.950. The van der Waals surface area contributed by atoms with Gasteiger partial charge in [0.2, 0.25) is 10.0 Å². The third-order valence-corrected chi connectivity index (χ3v) is 11.2. The Balaban J connectivity index is 1.79. The number of ether oxygens (including phenoxy) is 1. The summed E-state index contributed by atoms with van der Waals surface area (Å²) >= 11 is 0. The van der Waals surface area contributed by atoms with Gasteiger partial charge in [0.15, 0.2) is 6.10 Å². The van der Waals surface area contributed by atoms with Gasteiger partial charge in [0.1, 0.15) is 0 Å². The lowest BCUT2D eigenvalue weighted by Gasteiger charge is -2.55. The van der Waals surface area contributed by atoms with Crippen LogP contribution in [0.15, 0.2) is 0 Å². The van der Waals surface area contributed by atoms with Gasteiger partial charge in [-0.15, -0.1) is 0 Å². The molecule has 8 nitrogen and oxygen atoms in total. The van der Waals surface area contributed by atoms with Crippen LogP contribution in [-0.4, -0.2) is 61.4 Å². The lowest BCUT2D eigenvalue weighted by molar-refractivity contribution is -0.185. The molecule has 1 N–H and O–H groups in total. The SMILES string of the molecule is CC(OC(=O)C12CC3CC(CC(C3)C1)C2)C(F)(F)S(=O)(=O)N(CCC(C)(C)O)S(C)(=O)=O. The molecule has 186 valence electrons. The number of halogens is 2. The average molecular weight is 502 g/mol. The molecule has 0 aromatic carbocycles. The van der Waals surface area contributed by atoms with E-state index in [4.69, 9.17) is 4.74 Å². The minimum atomic E-state index is -5.76. The predicted molar refractivity (Wildman–Crippen MR) is 112 cm³/mol. The molecular weight excluding hydrogens is 468 g/mol. The maximum atomic E-state index is 15.1. The number of carbonyl (C=O) groups is 1. The van der Waals surface area contributed by atoms with Crippen molar-refractivity contribution in [1.29, 1.82) is 0 Å². The highest BCUT2D eigenvalue weighted by Crippen LogP contribution is 2.60. The molecule has 0 heterocycles. The summed E-state index contributed by atoms with van der Waals surface area (Å²) in [7, 11) is -10.4. The van der Waals surface area contributed by atoms with E-state index in [2.05, 4.69) is 0 Å². The van der Waals surface area contributed by atoms with Crippen molar-refractivity contribution in [3.8, 4) is 0 Å². The van der Waals surface area contributed by atoms with Crippen LogP contribution in [0, 0.1) is 23.2 Å². The Kier molecular flexibility index (Phi) is 6.54. The smallest absolute Gasteiger partial charge is 0.395 e. The summed E-state index contributed by atoms with van der Waals surface area (Å²) < 4.78 is 84.4. The van der Waals surface area contributed by atoms with Gasteiger partial charge in [-0.1, -0.05) is 3.71 Å². The van der Waals surface area contributed by atoms with E-state index >= 15 is 8.78 Å². The van der Waals surface area contributed by atoms with E-state index in [0.29, 0.717) is 43.3 Å². The van der Waals surface area contributed by atoms with Gasteiger partial charge in [0.05, 0.1) is 17.3 Å². The first-order valence-electron chi connectivity index (χ1n) is 10.9. The number of carbonyl (C=O) groups excluding carboxylic acids is 1. The lowest BCUT2D eigenvalue weighted by Crippen LogP contribution is -2.55. The van der Waals surface area contributed by atoms with Crippen molar-refractivity contribution in [3.05, 3.63) is 0 Å². The van der Waals surface area contributed by atoms with Crippen molar-refractivity contribution >= 4 is 26.0 Å². The van der Waals surface area contributed by atoms with Crippen LogP contribution < -0.4 is 0 Å². The minimum absolute atomic E-state index is 0.312. The number of alkyl halides is 2. The molecule has 4 saturated carbocycles. The van der Waals surface area contributed by atoms with Gasteiger partial charge in [0.25, 0.3) is 10.0 Å². The highest BCUT2D eigenvalue weighted by atomic mass is 32.3. The van der Waals surface area contributed by atoms with Crippen LogP contribution in [0.3, 0.4) is 0 Å². The first-order chi connectivity index (χ1) is 14.4. The normalized spacial score (nSPS) is 31.7. The van der Waals surface area contributed by atoms with Gasteiger partial charge in [-0.3, -0.25) is 4.79 Å². The summed E-state index contributed by atoms with van der Waals surface area (Å²) in [6.45, 7) is 2.50. The van der Waals surface area contributed by atoms with Crippen LogP contribution in [0.1, 0.15) is 65.7 Å². The summed E-state index contributed by atoms with van der Waals surface area (Å²) in [4.78, 5) is 13.0. The Bertz CT molecular complexity index is 922. The number of esters is 1. The largest absolute Gasteiger partial charge is 0.455 e. The standard InChI is InChI=1S/C20H33F2NO7S2/c1-13(30-17(24)19-10-14-7-15(11-19)9-16(8-14)12-19)20(21,22)32(28,29)23(31(4,26)27)6-5-18(2,3)25/h13-16,25H,5-12H2,1-4H3. The van der Waals surface area contributed by atoms with Crippen LogP contribution in [0.25, 0.3) is 0 Å². The van der Waals surface area contributed by atoms with Crippen LogP contribution in [-0.2, 0) is 29.6 Å². The number of sulfonamides is 2. The number of hydrogen-bond acceptors (Lipinski definition) is 7. The molecule has 0 saturated heterocycles. The fourth-order valence-electron chi connectivity index (χ4n) is 5.89. The minimum Gasteiger partial charge on any atom is -0.455 e. The molecule has 0 aromatic heterocycles. The van der Waals surface area contributed by atoms with Gasteiger partial charge >= 0.3 is 11.2 Å². The first-order valence-corrected chi connectivity index (χ1v) is 14.2. The van der Waals surface area contributed by atoms with Gasteiger partial charge in [-0.25, -0.2) is 16.8 Å². The second-order valence-electron chi connectivity index (χ2n) is 10.6. The Labute approximate surface area is 188 Å². The number of aliphatic hydroxyl groups is 1. The van der Waals surface area contributed by atoms with E-state index in [1.165, 1.54) is 13.8 Å². The Hall–Kier alpha value is -0.850. The summed E-state index contributed by atoms with van der Waals surface area (Å²) in [6, 6.07) is 0. The molecule has 0 amide bonds. The van der Waals surface area contributed by atoms with Crippen LogP contribution in [0.2, 0.25) is 0 Å². The zero-order valence-electron chi connectivity index (χ0n) is 18.9. The van der Waals surface area contributed by atoms with Crippen molar-refractivity contribution in [2.24, 2.45) is 23.2 Å². The third kappa shape index (κ3) is 4.83. The Morgan fingerprint density at radius 1 is 1.09 bits per heavy atom. The molecule has 4 rings (SSSR count). The average Bonchev–Trinajstić information content (AvgIpc) is 2.57. The predicted octanol–water partition coefficient (Wildman–Crippen LogP) is 2.48. The van der Waals surface area contributed by atoms with Crippen molar-refractivity contribution in [3.63, 3.8) is 0 Å². The van der Waals surface area contributed by atoms with E-state index in [-0.39, 0.29) is 3.71 Å². The van der Waals surface area contributed by atoms with Crippen molar-refractivity contribution in [1.82, 2.24) is 3.71 Å². The maximum absolute atomic E-state index is 15.1. The quantitative estimate of drug-likeness (QED) is 0.482. The molecule has 4 aliphatic rings. The number of rotatable bonds is 9. The first kappa shape index (κ1) is 25.8. The monoisotopic (exact) mass is 501 g/mol. The van der Waals surface area contributed by atoms with E-state index in [9.17, 15) is 26.7 Å². The molecule has 1 atom stereocenters. The van der Waals surface area contributed by atoms with Crippen LogP contribution in [0.5, 0.6) is 0 Å². The summed E-state index contributed by atoms with van der Waals surface area (Å²) in [5.41, 5.74) is -2.34. The zero-order chi connectivity index (χ0) is 24.3. The van der Waals surface area contributed by atoms with Gasteiger partial charge in [-0.05, 0) is 83.5 Å². The van der Waals surface area contributed by atoms with Crippen molar-refractivity contribution in [2.45, 2.75) is 82.7 Å². The molecule has 0 radical (unpaired) electrons. The van der Waals surface area contributed by atoms with E-state index in [0.717, 1.165) is 26.2 Å². The Morgan fingerprint density at radius 2 is 1.53 bits per heavy atom. The molecule has 1 unspecified atom stereocenters. The second-order valence-corrected chi connectivity index (χ2v) is 14.7. The van der Waals surface area contributed by atoms with Gasteiger partial charge < -0.3 is 9.84 Å². The summed E-state index contributed by atoms with van der Waals surface area (Å²) in [5.74, 6) is 0.254. The molecule has 4 fully saturated rings. The molecule has 0 spiro atoms. The molecular formula is C20H33F2NO7S2. The summed E-state index contributed by atoms with van der Waals surface area (Å²) in [6.07, 6.45) is 2.48. The molecule has 4 bridgehead atoms. The number of nitrogens with zero attached hydrogens (tertiary/aromatic N) is 1. The topological polar surface area (TPSA) is 118 Å². The number of hydrogen-bond donors (Lipinski definition) is 1. The fourth-order valence-corrected chi connectivity index (χ4v) is 9.11. The maximum Gasteiger partial charge on any atom is 0.395 e. The lowest BCUT2D eigenvalue weighted by atomic mass is 9.49. The van der Waals surface area contributed by atoms with Gasteiger partial charge in [0, 0.05) is 6.54 Å². The van der Waals surface area contributed by atoms with Crippen LogP contribution in [0.4, 0.5) is 8.78 Å². The zero-order valence-corrected chi connectivity index (χ0v) is 20.5. The third-order valence-electron chi connectivity index (χ3n) is 7.12. The van der Waals surface area contributed by atoms with Crippen molar-refractivity contribution in [2.75, 3.05) is 12.8 Å². The Morgan fingerprint density at radius 3 is 1.91 bits per heavy atom. The molecule has 4 aliphatic carbocycles. The van der Waals surface area contributed by atoms with E-state index in [1.54, 1.807) is 0 Å². The van der Waals surface area contributed by atoms with Crippen LogP contribution >= 0.6 is 0 Å². The second kappa shape index (κ2) is 8.13. The summed E-state index contributed by atoms with van der Waals surface area (Å²) in [5, 5.41) is 5.13. The van der Waals surface area contributed by atoms with E-state index in [1.807, 2.05) is 0 Å². The van der Waals surface area contributed by atoms with Crippen molar-refractivity contribution < 1.29 is 40.3 Å². The molecule has 32 heavy (non-hydrogen) atoms. The highest BCUT2D eigenvalue weighted by Gasteiger charge is 2.60. The highest BCUT2D eigenvalue weighted by molar-refractivity contribution is 8.04. The molecule has 12 heteroatoms. The molecule has 0 aromatic rings. The van der Waals surface area contributed by atoms with Gasteiger partial charge in [-0.2, -0.15) is 8.78 Å².